The van der Waals surface area contributed by atoms with Gasteiger partial charge in [-0.3, -0.25) is 0 Å². The Bertz CT molecular complexity index is 230. The second-order valence-corrected chi connectivity index (χ2v) is 3.84. The average molecular weight is 170 g/mol. The molecule has 1 rings (SSSR count). The maximum Gasteiger partial charge on any atom is 0.0900 e. The zero-order valence-corrected chi connectivity index (χ0v) is 7.87. The van der Waals surface area contributed by atoms with Gasteiger partial charge in [0.15, 0.2) is 0 Å². The van der Waals surface area contributed by atoms with Gasteiger partial charge in [0.25, 0.3) is 0 Å². The van der Waals surface area contributed by atoms with E-state index in [0.717, 1.165) is 17.1 Å². The lowest BCUT2D eigenvalue weighted by Gasteiger charge is -1.94. The molecule has 0 unspecified atom stereocenters. The lowest BCUT2D eigenvalue weighted by atomic mass is 10.2. The van der Waals surface area contributed by atoms with Gasteiger partial charge in [-0.15, -0.1) is 11.3 Å². The highest BCUT2D eigenvalue weighted by Crippen LogP contribution is 2.18. The minimum atomic E-state index is 0.583. The highest BCUT2D eigenvalue weighted by Gasteiger charge is 2.05. The molecule has 1 aromatic rings. The van der Waals surface area contributed by atoms with E-state index in [9.17, 15) is 0 Å². The van der Waals surface area contributed by atoms with Crippen LogP contribution in [0, 0.1) is 6.92 Å². The fourth-order valence-electron chi connectivity index (χ4n) is 1.09. The first-order valence-corrected chi connectivity index (χ1v) is 4.74. The van der Waals surface area contributed by atoms with E-state index in [-0.39, 0.29) is 0 Å². The highest BCUT2D eigenvalue weighted by atomic mass is 32.1. The Morgan fingerprint density at radius 3 is 2.82 bits per heavy atom. The molecule has 0 spiro atoms. The minimum Gasteiger partial charge on any atom is -0.325 e. The highest BCUT2D eigenvalue weighted by molar-refractivity contribution is 7.11. The lowest BCUT2D eigenvalue weighted by Crippen LogP contribution is -1.99. The van der Waals surface area contributed by atoms with Crippen molar-refractivity contribution in [2.75, 3.05) is 0 Å². The first-order chi connectivity index (χ1) is 5.27. The third-order valence-electron chi connectivity index (χ3n) is 1.56. The molecule has 2 N–H and O–H groups in total. The van der Waals surface area contributed by atoms with Gasteiger partial charge in [-0.25, -0.2) is 4.98 Å². The summed E-state index contributed by atoms with van der Waals surface area (Å²) >= 11 is 1.77. The van der Waals surface area contributed by atoms with Crippen molar-refractivity contribution in [1.29, 1.82) is 0 Å². The third-order valence-corrected chi connectivity index (χ3v) is 2.63. The molecule has 0 fully saturated rings. The molecule has 1 heterocycles. The number of hydrogen-bond donors (Lipinski definition) is 1. The molecule has 0 saturated carbocycles. The van der Waals surface area contributed by atoms with E-state index in [1.54, 1.807) is 11.3 Å². The van der Waals surface area contributed by atoms with Crippen LogP contribution in [0.5, 0.6) is 0 Å². The van der Waals surface area contributed by atoms with Gasteiger partial charge in [0.2, 0.25) is 0 Å². The molecule has 62 valence electrons. The number of hydrogen-bond acceptors (Lipinski definition) is 3. The van der Waals surface area contributed by atoms with Crippen LogP contribution in [-0.2, 0) is 13.0 Å². The second kappa shape index (κ2) is 3.83. The second-order valence-electron chi connectivity index (χ2n) is 2.56. The Kier molecular flexibility index (Phi) is 3.02. The molecule has 2 nitrogen and oxygen atoms in total. The van der Waals surface area contributed by atoms with E-state index in [1.165, 1.54) is 11.3 Å². The SMILES string of the molecule is CCCc1sc(C)nc1CN. The van der Waals surface area contributed by atoms with E-state index >= 15 is 0 Å². The van der Waals surface area contributed by atoms with E-state index in [0.29, 0.717) is 6.54 Å². The smallest absolute Gasteiger partial charge is 0.0900 e. The molecule has 3 heteroatoms. The summed E-state index contributed by atoms with van der Waals surface area (Å²) in [6.07, 6.45) is 2.30. The maximum atomic E-state index is 5.54. The number of thiazole rings is 1. The van der Waals surface area contributed by atoms with E-state index < -0.39 is 0 Å². The van der Waals surface area contributed by atoms with Crippen LogP contribution in [0.25, 0.3) is 0 Å². The first-order valence-electron chi connectivity index (χ1n) is 3.93. The molecule has 0 amide bonds. The van der Waals surface area contributed by atoms with Crippen LogP contribution in [0.15, 0.2) is 0 Å². The average Bonchev–Trinajstić information content (AvgIpc) is 2.32. The molecule has 0 atom stereocenters. The number of nitrogens with zero attached hydrogens (tertiary/aromatic N) is 1. The van der Waals surface area contributed by atoms with Crippen molar-refractivity contribution in [2.24, 2.45) is 5.73 Å². The van der Waals surface area contributed by atoms with Crippen LogP contribution in [0.2, 0.25) is 0 Å². The summed E-state index contributed by atoms with van der Waals surface area (Å²) in [4.78, 5) is 5.71. The van der Waals surface area contributed by atoms with Gasteiger partial charge in [0, 0.05) is 11.4 Å². The molecule has 0 radical (unpaired) electrons. The Labute approximate surface area is 71.5 Å². The zero-order valence-electron chi connectivity index (χ0n) is 7.05. The van der Waals surface area contributed by atoms with Crippen molar-refractivity contribution in [1.82, 2.24) is 4.98 Å². The summed E-state index contributed by atoms with van der Waals surface area (Å²) in [5.41, 5.74) is 6.63. The summed E-state index contributed by atoms with van der Waals surface area (Å²) in [5, 5.41) is 1.13. The van der Waals surface area contributed by atoms with E-state index in [4.69, 9.17) is 5.73 Å². The van der Waals surface area contributed by atoms with Crippen LogP contribution in [0.4, 0.5) is 0 Å². The van der Waals surface area contributed by atoms with Crippen molar-refractivity contribution in [3.63, 3.8) is 0 Å². The number of aryl methyl sites for hydroxylation is 2. The normalized spacial score (nSPS) is 10.5. The van der Waals surface area contributed by atoms with Gasteiger partial charge in [-0.2, -0.15) is 0 Å². The predicted octanol–water partition coefficient (Wildman–Crippen LogP) is 1.86. The fourth-order valence-corrected chi connectivity index (χ4v) is 2.16. The van der Waals surface area contributed by atoms with Gasteiger partial charge in [0.05, 0.1) is 10.7 Å². The molecule has 1 aromatic heterocycles. The zero-order chi connectivity index (χ0) is 8.27. The van der Waals surface area contributed by atoms with Gasteiger partial charge in [-0.05, 0) is 13.3 Å². The summed E-state index contributed by atoms with van der Waals surface area (Å²) in [6, 6.07) is 0. The quantitative estimate of drug-likeness (QED) is 0.752. The van der Waals surface area contributed by atoms with Gasteiger partial charge in [0.1, 0.15) is 0 Å². The van der Waals surface area contributed by atoms with Crippen LogP contribution >= 0.6 is 11.3 Å². The Balaban J connectivity index is 2.83. The van der Waals surface area contributed by atoms with Crippen molar-refractivity contribution >= 4 is 11.3 Å². The summed E-state index contributed by atoms with van der Waals surface area (Å²) in [7, 11) is 0. The van der Waals surface area contributed by atoms with Crippen molar-refractivity contribution in [2.45, 2.75) is 33.2 Å². The molecule has 0 aliphatic carbocycles. The van der Waals surface area contributed by atoms with Gasteiger partial charge in [-0.1, -0.05) is 13.3 Å². The third kappa shape index (κ3) is 2.01. The Morgan fingerprint density at radius 1 is 1.55 bits per heavy atom. The predicted molar refractivity (Wildman–Crippen MR) is 48.7 cm³/mol. The molecule has 0 aliphatic rings. The van der Waals surface area contributed by atoms with Crippen LogP contribution in [-0.4, -0.2) is 4.98 Å². The first kappa shape index (κ1) is 8.68. The Hall–Kier alpha value is -0.410. The summed E-state index contributed by atoms with van der Waals surface area (Å²) < 4.78 is 0. The molecule has 0 aromatic carbocycles. The van der Waals surface area contributed by atoms with Crippen LogP contribution < -0.4 is 5.73 Å². The maximum absolute atomic E-state index is 5.54. The van der Waals surface area contributed by atoms with Gasteiger partial charge >= 0.3 is 0 Å². The van der Waals surface area contributed by atoms with Crippen molar-refractivity contribution in [3.05, 3.63) is 15.6 Å². The molecule has 0 bridgehead atoms. The molecule has 11 heavy (non-hydrogen) atoms. The fraction of sp³-hybridized carbons (Fsp3) is 0.625. The van der Waals surface area contributed by atoms with E-state index in [2.05, 4.69) is 11.9 Å². The Morgan fingerprint density at radius 2 is 2.27 bits per heavy atom. The van der Waals surface area contributed by atoms with Crippen LogP contribution in [0.3, 0.4) is 0 Å². The molecule has 0 aliphatic heterocycles. The summed E-state index contributed by atoms with van der Waals surface area (Å²) in [6.45, 7) is 4.79. The lowest BCUT2D eigenvalue weighted by molar-refractivity contribution is 0.893. The minimum absolute atomic E-state index is 0.583. The van der Waals surface area contributed by atoms with Gasteiger partial charge < -0.3 is 5.73 Å². The topological polar surface area (TPSA) is 38.9 Å². The monoisotopic (exact) mass is 170 g/mol. The number of nitrogens with two attached hydrogens (primary N) is 1. The number of rotatable bonds is 3. The van der Waals surface area contributed by atoms with Crippen molar-refractivity contribution in [3.8, 4) is 0 Å². The van der Waals surface area contributed by atoms with E-state index in [1.807, 2.05) is 6.92 Å². The number of aromatic nitrogens is 1. The van der Waals surface area contributed by atoms with Crippen molar-refractivity contribution < 1.29 is 0 Å². The van der Waals surface area contributed by atoms with Crippen LogP contribution in [0.1, 0.15) is 28.9 Å². The largest absolute Gasteiger partial charge is 0.325 e. The molecule has 0 saturated heterocycles. The standard InChI is InChI=1S/C8H14N2S/c1-3-4-8-7(5-9)10-6(2)11-8/h3-5,9H2,1-2H3. The summed E-state index contributed by atoms with van der Waals surface area (Å²) in [5.74, 6) is 0. The molecular formula is C8H14N2S. The molecular weight excluding hydrogens is 156 g/mol.